The van der Waals surface area contributed by atoms with Gasteiger partial charge in [-0.2, -0.15) is 13.2 Å². The number of nitrogens with zero attached hydrogens (tertiary/aromatic N) is 1. The van der Waals surface area contributed by atoms with E-state index in [9.17, 15) is 13.2 Å². The summed E-state index contributed by atoms with van der Waals surface area (Å²) in [6.07, 6.45) is -3.23. The molecule has 1 heterocycles. The molecule has 3 rings (SSSR count). The van der Waals surface area contributed by atoms with Crippen LogP contribution in [-0.2, 0) is 10.9 Å². The van der Waals surface area contributed by atoms with Gasteiger partial charge in [0.05, 0.1) is 18.4 Å². The average Bonchev–Trinajstić information content (AvgIpc) is 2.59. The molecular weight excluding hydrogens is 315 g/mol. The zero-order chi connectivity index (χ0) is 17.3. The van der Waals surface area contributed by atoms with Crippen molar-refractivity contribution in [3.05, 3.63) is 72.4 Å². The summed E-state index contributed by atoms with van der Waals surface area (Å²) >= 11 is 0. The third-order valence-corrected chi connectivity index (χ3v) is 3.81. The number of hydrogen-bond acceptors (Lipinski definition) is 2. The summed E-state index contributed by atoms with van der Waals surface area (Å²) in [7, 11) is 1.52. The SMILES string of the molecule is C=C(OC)c1ccc2cccc(-c3cc(C(F)(F)F)ccn3)c2c1. The van der Waals surface area contributed by atoms with E-state index in [0.29, 0.717) is 11.3 Å². The number of alkyl halides is 3. The zero-order valence-electron chi connectivity index (χ0n) is 12.9. The van der Waals surface area contributed by atoms with Crippen molar-refractivity contribution in [1.29, 1.82) is 0 Å². The number of fused-ring (bicyclic) bond motifs is 1. The number of hydrogen-bond donors (Lipinski definition) is 0. The topological polar surface area (TPSA) is 22.1 Å². The van der Waals surface area contributed by atoms with Gasteiger partial charge in [-0.3, -0.25) is 4.98 Å². The van der Waals surface area contributed by atoms with Crippen LogP contribution in [0.1, 0.15) is 11.1 Å². The maximum Gasteiger partial charge on any atom is 0.416 e. The smallest absolute Gasteiger partial charge is 0.416 e. The summed E-state index contributed by atoms with van der Waals surface area (Å²) < 4.78 is 44.0. The molecule has 3 aromatic rings. The summed E-state index contributed by atoms with van der Waals surface area (Å²) in [5.74, 6) is 0.490. The fourth-order valence-electron chi connectivity index (χ4n) is 2.54. The van der Waals surface area contributed by atoms with Crippen molar-refractivity contribution in [3.63, 3.8) is 0 Å². The van der Waals surface area contributed by atoms with E-state index in [1.165, 1.54) is 13.3 Å². The second kappa shape index (κ2) is 6.00. The zero-order valence-corrected chi connectivity index (χ0v) is 12.9. The van der Waals surface area contributed by atoms with E-state index in [1.54, 1.807) is 12.1 Å². The minimum Gasteiger partial charge on any atom is -0.497 e. The molecule has 0 aliphatic carbocycles. The van der Waals surface area contributed by atoms with Crippen molar-refractivity contribution in [2.75, 3.05) is 7.11 Å². The molecule has 24 heavy (non-hydrogen) atoms. The van der Waals surface area contributed by atoms with Crippen LogP contribution in [0.15, 0.2) is 61.3 Å². The van der Waals surface area contributed by atoms with Gasteiger partial charge < -0.3 is 4.74 Å². The van der Waals surface area contributed by atoms with Crippen molar-refractivity contribution in [1.82, 2.24) is 4.98 Å². The standard InChI is InChI=1S/C19H14F3NO/c1-12(24-2)14-7-6-13-4-3-5-16(17(13)10-14)18-11-15(8-9-23-18)19(20,21)22/h3-11H,1H2,2H3. The van der Waals surface area contributed by atoms with Gasteiger partial charge in [-0.15, -0.1) is 0 Å². The molecule has 0 saturated carbocycles. The molecule has 0 bridgehead atoms. The Morgan fingerprint density at radius 2 is 1.88 bits per heavy atom. The Morgan fingerprint density at radius 1 is 1.08 bits per heavy atom. The van der Waals surface area contributed by atoms with Gasteiger partial charge in [-0.1, -0.05) is 36.9 Å². The minimum atomic E-state index is -4.40. The van der Waals surface area contributed by atoms with E-state index in [-0.39, 0.29) is 5.69 Å². The molecule has 0 radical (unpaired) electrons. The van der Waals surface area contributed by atoms with E-state index in [2.05, 4.69) is 11.6 Å². The third kappa shape index (κ3) is 2.97. The summed E-state index contributed by atoms with van der Waals surface area (Å²) in [6.45, 7) is 3.81. The van der Waals surface area contributed by atoms with Crippen molar-refractivity contribution >= 4 is 16.5 Å². The molecule has 0 N–H and O–H groups in total. The van der Waals surface area contributed by atoms with Crippen LogP contribution in [-0.4, -0.2) is 12.1 Å². The summed E-state index contributed by atoms with van der Waals surface area (Å²) in [5, 5.41) is 1.69. The lowest BCUT2D eigenvalue weighted by Gasteiger charge is -2.11. The highest BCUT2D eigenvalue weighted by Crippen LogP contribution is 2.34. The van der Waals surface area contributed by atoms with Crippen LogP contribution >= 0.6 is 0 Å². The molecule has 0 saturated heterocycles. The number of aromatic nitrogens is 1. The molecule has 2 aromatic carbocycles. The van der Waals surface area contributed by atoms with Gasteiger partial charge in [-0.05, 0) is 29.0 Å². The van der Waals surface area contributed by atoms with Gasteiger partial charge in [0.1, 0.15) is 5.76 Å². The molecule has 5 heteroatoms. The monoisotopic (exact) mass is 329 g/mol. The van der Waals surface area contributed by atoms with Crippen molar-refractivity contribution in [2.24, 2.45) is 0 Å². The predicted molar refractivity (Wildman–Crippen MR) is 88.2 cm³/mol. The lowest BCUT2D eigenvalue weighted by Crippen LogP contribution is -2.05. The first kappa shape index (κ1) is 16.1. The molecule has 1 aromatic heterocycles. The largest absolute Gasteiger partial charge is 0.497 e. The molecule has 0 spiro atoms. The van der Waals surface area contributed by atoms with Crippen molar-refractivity contribution < 1.29 is 17.9 Å². The van der Waals surface area contributed by atoms with Crippen LogP contribution in [0, 0.1) is 0 Å². The van der Waals surface area contributed by atoms with E-state index in [1.807, 2.05) is 24.3 Å². The summed E-state index contributed by atoms with van der Waals surface area (Å²) in [4.78, 5) is 4.11. The van der Waals surface area contributed by atoms with Crippen LogP contribution < -0.4 is 0 Å². The van der Waals surface area contributed by atoms with Crippen LogP contribution in [0.4, 0.5) is 13.2 Å². The van der Waals surface area contributed by atoms with Crippen LogP contribution in [0.2, 0.25) is 0 Å². The van der Waals surface area contributed by atoms with E-state index in [4.69, 9.17) is 4.74 Å². The highest BCUT2D eigenvalue weighted by Gasteiger charge is 2.30. The summed E-state index contributed by atoms with van der Waals surface area (Å²) in [5.41, 5.74) is 0.950. The number of pyridine rings is 1. The van der Waals surface area contributed by atoms with E-state index in [0.717, 1.165) is 28.5 Å². The second-order valence-electron chi connectivity index (χ2n) is 5.30. The minimum absolute atomic E-state index is 0.274. The fraction of sp³-hybridized carbons (Fsp3) is 0.105. The first-order valence-corrected chi connectivity index (χ1v) is 7.20. The quantitative estimate of drug-likeness (QED) is 0.589. The number of halogens is 3. The van der Waals surface area contributed by atoms with E-state index < -0.39 is 11.7 Å². The summed E-state index contributed by atoms with van der Waals surface area (Å²) in [6, 6.07) is 13.1. The maximum atomic E-state index is 13.0. The Morgan fingerprint density at radius 3 is 2.58 bits per heavy atom. The molecular formula is C19H14F3NO. The molecule has 0 unspecified atom stereocenters. The highest BCUT2D eigenvalue weighted by molar-refractivity contribution is 5.97. The second-order valence-corrected chi connectivity index (χ2v) is 5.30. The molecule has 0 amide bonds. The normalized spacial score (nSPS) is 11.5. The maximum absolute atomic E-state index is 13.0. The third-order valence-electron chi connectivity index (χ3n) is 3.81. The Labute approximate surface area is 137 Å². The van der Waals surface area contributed by atoms with Gasteiger partial charge in [0.15, 0.2) is 0 Å². The number of ether oxygens (including phenoxy) is 1. The van der Waals surface area contributed by atoms with Crippen molar-refractivity contribution in [3.8, 4) is 11.3 Å². The van der Waals surface area contributed by atoms with Crippen LogP contribution in [0.3, 0.4) is 0 Å². The number of benzene rings is 2. The van der Waals surface area contributed by atoms with Gasteiger partial charge in [0.2, 0.25) is 0 Å². The Bertz CT molecular complexity index is 916. The molecule has 2 nitrogen and oxygen atoms in total. The highest BCUT2D eigenvalue weighted by atomic mass is 19.4. The molecule has 122 valence electrons. The number of rotatable bonds is 3. The predicted octanol–water partition coefficient (Wildman–Crippen LogP) is 5.54. The number of methoxy groups -OCH3 is 1. The lowest BCUT2D eigenvalue weighted by molar-refractivity contribution is -0.137. The van der Waals surface area contributed by atoms with Crippen LogP contribution in [0.5, 0.6) is 0 Å². The van der Waals surface area contributed by atoms with E-state index >= 15 is 0 Å². The molecule has 0 aliphatic heterocycles. The first-order valence-electron chi connectivity index (χ1n) is 7.20. The van der Waals surface area contributed by atoms with Crippen molar-refractivity contribution in [2.45, 2.75) is 6.18 Å². The fourth-order valence-corrected chi connectivity index (χ4v) is 2.54. The Hall–Kier alpha value is -2.82. The molecule has 0 fully saturated rings. The molecule has 0 atom stereocenters. The van der Waals surface area contributed by atoms with Gasteiger partial charge in [0.25, 0.3) is 0 Å². The van der Waals surface area contributed by atoms with Crippen LogP contribution in [0.25, 0.3) is 27.8 Å². The van der Waals surface area contributed by atoms with Gasteiger partial charge >= 0.3 is 6.18 Å². The average molecular weight is 329 g/mol. The van der Waals surface area contributed by atoms with Gasteiger partial charge in [0, 0.05) is 17.3 Å². The first-order chi connectivity index (χ1) is 11.4. The Kier molecular flexibility index (Phi) is 4.01. The lowest BCUT2D eigenvalue weighted by atomic mass is 9.98. The molecule has 0 aliphatic rings. The van der Waals surface area contributed by atoms with Gasteiger partial charge in [-0.25, -0.2) is 0 Å². The Balaban J connectivity index is 2.21.